The molecule has 194 valence electrons. The van der Waals surface area contributed by atoms with Crippen molar-refractivity contribution >= 4 is 18.1 Å². The van der Waals surface area contributed by atoms with Crippen molar-refractivity contribution in [3.63, 3.8) is 0 Å². The fourth-order valence-electron chi connectivity index (χ4n) is 3.19. The van der Waals surface area contributed by atoms with E-state index >= 15 is 0 Å². The number of hydrogen-bond donors (Lipinski definition) is 1. The molecule has 1 N–H and O–H groups in total. The highest BCUT2D eigenvalue weighted by Crippen LogP contribution is 2.28. The first kappa shape index (κ1) is 27.3. The van der Waals surface area contributed by atoms with Crippen LogP contribution in [0.2, 0.25) is 0 Å². The summed E-state index contributed by atoms with van der Waals surface area (Å²) in [6.07, 6.45) is 3.48. The number of hydrazone groups is 1. The highest BCUT2D eigenvalue weighted by Gasteiger charge is 2.13. The smallest absolute Gasteiger partial charge is 0.343 e. The Morgan fingerprint density at radius 3 is 2.35 bits per heavy atom. The molecule has 0 aliphatic rings. The molecule has 0 heterocycles. The van der Waals surface area contributed by atoms with Gasteiger partial charge in [0, 0.05) is 0 Å². The number of benzene rings is 3. The molecule has 0 saturated heterocycles. The molecule has 3 aromatic carbocycles. The third-order valence-electron chi connectivity index (χ3n) is 5.50. The average molecular weight is 505 g/mol. The summed E-state index contributed by atoms with van der Waals surface area (Å²) in [5, 5.41) is 3.95. The molecule has 0 aliphatic heterocycles. The van der Waals surface area contributed by atoms with Gasteiger partial charge in [-0.25, -0.2) is 10.2 Å². The Morgan fingerprint density at radius 2 is 1.65 bits per heavy atom. The highest BCUT2D eigenvalue weighted by molar-refractivity contribution is 5.92. The van der Waals surface area contributed by atoms with Crippen LogP contribution in [0.4, 0.5) is 0 Å². The molecule has 0 unspecified atom stereocenters. The monoisotopic (exact) mass is 504 g/mol. The van der Waals surface area contributed by atoms with Crippen LogP contribution in [0.5, 0.6) is 23.0 Å². The molecule has 0 atom stereocenters. The van der Waals surface area contributed by atoms with Crippen molar-refractivity contribution in [1.29, 1.82) is 0 Å². The van der Waals surface area contributed by atoms with E-state index in [1.165, 1.54) is 13.3 Å². The first-order valence-electron chi connectivity index (χ1n) is 12.0. The van der Waals surface area contributed by atoms with Crippen LogP contribution in [-0.2, 0) is 4.79 Å². The van der Waals surface area contributed by atoms with Crippen LogP contribution in [0.25, 0.3) is 0 Å². The first-order valence-corrected chi connectivity index (χ1v) is 12.0. The number of amides is 1. The maximum absolute atomic E-state index is 12.6. The van der Waals surface area contributed by atoms with Gasteiger partial charge in [0.2, 0.25) is 0 Å². The van der Waals surface area contributed by atoms with Gasteiger partial charge in [0.05, 0.1) is 25.5 Å². The molecule has 0 fully saturated rings. The summed E-state index contributed by atoms with van der Waals surface area (Å²) in [5.74, 6) is 1.02. The summed E-state index contributed by atoms with van der Waals surface area (Å²) >= 11 is 0. The Morgan fingerprint density at radius 1 is 0.892 bits per heavy atom. The van der Waals surface area contributed by atoms with Crippen molar-refractivity contribution in [2.24, 2.45) is 5.10 Å². The number of aryl methyl sites for hydroxylation is 2. The highest BCUT2D eigenvalue weighted by atomic mass is 16.6. The van der Waals surface area contributed by atoms with Gasteiger partial charge < -0.3 is 18.9 Å². The Hall–Kier alpha value is -4.33. The van der Waals surface area contributed by atoms with E-state index in [0.29, 0.717) is 35.0 Å². The second kappa shape index (κ2) is 13.7. The van der Waals surface area contributed by atoms with Crippen molar-refractivity contribution in [1.82, 2.24) is 5.43 Å². The zero-order valence-electron chi connectivity index (χ0n) is 21.6. The van der Waals surface area contributed by atoms with Crippen LogP contribution < -0.4 is 24.4 Å². The number of carbonyl (C=O) groups is 2. The second-order valence-corrected chi connectivity index (χ2v) is 8.35. The topological polar surface area (TPSA) is 95.5 Å². The number of hydrogen-bond acceptors (Lipinski definition) is 7. The molecule has 0 bridgehead atoms. The van der Waals surface area contributed by atoms with Crippen LogP contribution in [0.1, 0.15) is 46.8 Å². The van der Waals surface area contributed by atoms with Crippen molar-refractivity contribution in [3.8, 4) is 23.0 Å². The van der Waals surface area contributed by atoms with Crippen LogP contribution in [-0.4, -0.2) is 38.4 Å². The molecule has 8 nitrogen and oxygen atoms in total. The molecule has 0 aliphatic carbocycles. The minimum absolute atomic E-state index is 0.163. The lowest BCUT2D eigenvalue weighted by Crippen LogP contribution is -2.24. The number of methoxy groups -OCH3 is 1. The predicted octanol–water partition coefficient (Wildman–Crippen LogP) is 5.24. The minimum atomic E-state index is -0.518. The number of unbranched alkanes of at least 4 members (excludes halogenated alkanes) is 1. The molecule has 3 aromatic rings. The number of ether oxygens (including phenoxy) is 4. The molecule has 0 radical (unpaired) electrons. The molecule has 0 saturated carbocycles. The zero-order valence-corrected chi connectivity index (χ0v) is 21.6. The molecule has 0 spiro atoms. The van der Waals surface area contributed by atoms with E-state index in [1.54, 1.807) is 42.5 Å². The summed E-state index contributed by atoms with van der Waals surface area (Å²) in [4.78, 5) is 24.6. The van der Waals surface area contributed by atoms with Gasteiger partial charge in [-0.2, -0.15) is 5.10 Å². The van der Waals surface area contributed by atoms with Crippen molar-refractivity contribution in [2.45, 2.75) is 33.6 Å². The Labute approximate surface area is 217 Å². The number of rotatable bonds is 12. The van der Waals surface area contributed by atoms with Gasteiger partial charge in [-0.05, 0) is 91.6 Å². The molecule has 8 heteroatoms. The van der Waals surface area contributed by atoms with Crippen molar-refractivity contribution in [3.05, 3.63) is 82.9 Å². The summed E-state index contributed by atoms with van der Waals surface area (Å²) in [5.41, 5.74) is 5.69. The van der Waals surface area contributed by atoms with Crippen molar-refractivity contribution in [2.75, 3.05) is 20.3 Å². The predicted molar refractivity (Wildman–Crippen MR) is 142 cm³/mol. The van der Waals surface area contributed by atoms with Crippen LogP contribution in [0.15, 0.2) is 65.8 Å². The lowest BCUT2D eigenvalue weighted by molar-refractivity contribution is -0.123. The van der Waals surface area contributed by atoms with Gasteiger partial charge in [-0.3, -0.25) is 4.79 Å². The molecule has 37 heavy (non-hydrogen) atoms. The van der Waals surface area contributed by atoms with Crippen molar-refractivity contribution < 1.29 is 28.5 Å². The summed E-state index contributed by atoms with van der Waals surface area (Å²) in [6, 6.07) is 17.4. The minimum Gasteiger partial charge on any atom is -0.494 e. The molecule has 0 aromatic heterocycles. The van der Waals surface area contributed by atoms with E-state index in [-0.39, 0.29) is 12.4 Å². The fourth-order valence-corrected chi connectivity index (χ4v) is 3.19. The average Bonchev–Trinajstić information content (AvgIpc) is 2.90. The second-order valence-electron chi connectivity index (χ2n) is 8.35. The number of carbonyl (C=O) groups excluding carboxylic acids is 2. The summed E-state index contributed by atoms with van der Waals surface area (Å²) < 4.78 is 22.0. The van der Waals surface area contributed by atoms with Crippen LogP contribution in [0.3, 0.4) is 0 Å². The van der Waals surface area contributed by atoms with E-state index < -0.39 is 11.9 Å². The van der Waals surface area contributed by atoms with Gasteiger partial charge in [0.1, 0.15) is 11.5 Å². The van der Waals surface area contributed by atoms with E-state index in [2.05, 4.69) is 17.5 Å². The Kier molecular flexibility index (Phi) is 10.1. The van der Waals surface area contributed by atoms with Gasteiger partial charge in [-0.15, -0.1) is 0 Å². The van der Waals surface area contributed by atoms with Gasteiger partial charge in [0.25, 0.3) is 5.91 Å². The van der Waals surface area contributed by atoms with E-state index in [4.69, 9.17) is 18.9 Å². The standard InChI is InChI=1S/C29H32N2O6/c1-5-6-15-35-24-12-9-23(10-13-24)29(33)37-26-14-8-22(17-27(26)34-4)18-30-31-28(32)19-36-25-11-7-20(2)21(3)16-25/h7-14,16-18H,5-6,15,19H2,1-4H3,(H,31,32)/b30-18+. The largest absolute Gasteiger partial charge is 0.494 e. The van der Waals surface area contributed by atoms with Crippen LogP contribution >= 0.6 is 0 Å². The number of nitrogens with zero attached hydrogens (tertiary/aromatic N) is 1. The summed E-state index contributed by atoms with van der Waals surface area (Å²) in [7, 11) is 1.47. The molecular weight excluding hydrogens is 472 g/mol. The lowest BCUT2D eigenvalue weighted by Gasteiger charge is -2.10. The van der Waals surface area contributed by atoms with Gasteiger partial charge in [-0.1, -0.05) is 19.4 Å². The number of nitrogens with one attached hydrogen (secondary N) is 1. The third-order valence-corrected chi connectivity index (χ3v) is 5.50. The normalized spacial score (nSPS) is 10.7. The maximum Gasteiger partial charge on any atom is 0.343 e. The van der Waals surface area contributed by atoms with Crippen LogP contribution in [0, 0.1) is 13.8 Å². The fraction of sp³-hybridized carbons (Fsp3) is 0.276. The lowest BCUT2D eigenvalue weighted by atomic mass is 10.1. The van der Waals surface area contributed by atoms with E-state index in [9.17, 15) is 9.59 Å². The molecule has 3 rings (SSSR count). The molecule has 1 amide bonds. The van der Waals surface area contributed by atoms with E-state index in [1.807, 2.05) is 32.0 Å². The Balaban J connectivity index is 1.53. The quantitative estimate of drug-likeness (QED) is 0.119. The van der Waals surface area contributed by atoms with E-state index in [0.717, 1.165) is 24.0 Å². The van der Waals surface area contributed by atoms with Gasteiger partial charge in [0.15, 0.2) is 18.1 Å². The zero-order chi connectivity index (χ0) is 26.6. The first-order chi connectivity index (χ1) is 17.9. The summed E-state index contributed by atoms with van der Waals surface area (Å²) in [6.45, 7) is 6.56. The Bertz CT molecular complexity index is 1240. The third kappa shape index (κ3) is 8.38. The van der Waals surface area contributed by atoms with Gasteiger partial charge >= 0.3 is 5.97 Å². The maximum atomic E-state index is 12.6. The molecular formula is C29H32N2O6. The number of esters is 1. The SMILES string of the molecule is CCCCOc1ccc(C(=O)Oc2ccc(/C=N/NC(=O)COc3ccc(C)c(C)c3)cc2OC)cc1.